The molecule has 1 spiro atoms. The van der Waals surface area contributed by atoms with Gasteiger partial charge >= 0.3 is 0 Å². The smallest absolute Gasteiger partial charge is 0.276 e. The molecule has 3 aliphatic rings. The van der Waals surface area contributed by atoms with Crippen molar-refractivity contribution in [3.63, 3.8) is 0 Å². The largest absolute Gasteiger partial charge is 0.306 e. The number of hydroxylamine groups is 1. The number of amides is 1. The minimum absolute atomic E-state index is 0.429. The fraction of sp³-hybridized carbons (Fsp3) is 0.667. The molecule has 2 atom stereocenters. The van der Waals surface area contributed by atoms with E-state index in [1.165, 1.54) is 38.8 Å². The number of nitrogens with one attached hydrogen (secondary N) is 1. The number of likely N-dealkylation sites (tertiary alicyclic amines) is 1. The standard InChI is InChI=1S/C18H26N4O2/c1-21-7-2-5-18(12-21)6-3-16(18)22-8-4-13-9-14(17(23)20-24)10-19-15(13)11-22/h9-10,16,24H,2-8,11-12H2,1H3,(H,20,23)/t16-,18+/m1/s1. The van der Waals surface area contributed by atoms with Crippen LogP contribution in [0.25, 0.3) is 0 Å². The first kappa shape index (κ1) is 16.0. The maximum atomic E-state index is 11.5. The summed E-state index contributed by atoms with van der Waals surface area (Å²) < 4.78 is 0. The van der Waals surface area contributed by atoms with E-state index in [1.807, 2.05) is 6.07 Å². The normalized spacial score (nSPS) is 30.7. The summed E-state index contributed by atoms with van der Waals surface area (Å²) in [6.45, 7) is 4.38. The van der Waals surface area contributed by atoms with Gasteiger partial charge in [-0.2, -0.15) is 0 Å². The van der Waals surface area contributed by atoms with Crippen molar-refractivity contribution in [1.82, 2.24) is 20.3 Å². The van der Waals surface area contributed by atoms with Gasteiger partial charge in [-0.15, -0.1) is 0 Å². The van der Waals surface area contributed by atoms with Crippen LogP contribution in [0.2, 0.25) is 0 Å². The Hall–Kier alpha value is -1.50. The second-order valence-corrected chi connectivity index (χ2v) is 7.75. The van der Waals surface area contributed by atoms with Crippen LogP contribution >= 0.6 is 0 Å². The van der Waals surface area contributed by atoms with Crippen LogP contribution in [0.4, 0.5) is 0 Å². The van der Waals surface area contributed by atoms with Crippen molar-refractivity contribution in [3.05, 3.63) is 29.1 Å². The zero-order chi connectivity index (χ0) is 16.7. The molecule has 0 unspecified atom stereocenters. The van der Waals surface area contributed by atoms with E-state index in [0.717, 1.165) is 30.8 Å². The van der Waals surface area contributed by atoms with E-state index in [1.54, 1.807) is 11.7 Å². The number of hydrogen-bond acceptors (Lipinski definition) is 5. The lowest BCUT2D eigenvalue weighted by Crippen LogP contribution is -2.61. The molecular weight excluding hydrogens is 304 g/mol. The lowest BCUT2D eigenvalue weighted by atomic mass is 9.59. The highest BCUT2D eigenvalue weighted by Crippen LogP contribution is 2.50. The minimum atomic E-state index is -0.490. The molecular formula is C18H26N4O2. The van der Waals surface area contributed by atoms with Gasteiger partial charge in [0.05, 0.1) is 11.3 Å². The van der Waals surface area contributed by atoms with Crippen molar-refractivity contribution >= 4 is 5.91 Å². The van der Waals surface area contributed by atoms with Gasteiger partial charge in [-0.05, 0) is 62.7 Å². The molecule has 6 heteroatoms. The third kappa shape index (κ3) is 2.62. The van der Waals surface area contributed by atoms with E-state index in [0.29, 0.717) is 17.0 Å². The number of aromatic nitrogens is 1. The zero-order valence-corrected chi connectivity index (χ0v) is 14.3. The minimum Gasteiger partial charge on any atom is -0.306 e. The summed E-state index contributed by atoms with van der Waals surface area (Å²) in [7, 11) is 2.25. The predicted molar refractivity (Wildman–Crippen MR) is 89.8 cm³/mol. The van der Waals surface area contributed by atoms with E-state index in [-0.39, 0.29) is 0 Å². The van der Waals surface area contributed by atoms with Crippen molar-refractivity contribution in [2.24, 2.45) is 5.41 Å². The Morgan fingerprint density at radius 3 is 3.00 bits per heavy atom. The van der Waals surface area contributed by atoms with Crippen LogP contribution in [0.1, 0.15) is 47.3 Å². The quantitative estimate of drug-likeness (QED) is 0.634. The number of carbonyl (C=O) groups is 1. The molecule has 1 aromatic rings. The van der Waals surface area contributed by atoms with Gasteiger partial charge in [0, 0.05) is 31.9 Å². The molecule has 2 N–H and O–H groups in total. The highest BCUT2D eigenvalue weighted by molar-refractivity contribution is 5.93. The molecule has 6 nitrogen and oxygen atoms in total. The van der Waals surface area contributed by atoms with Gasteiger partial charge in [0.15, 0.2) is 0 Å². The topological polar surface area (TPSA) is 68.7 Å². The second kappa shape index (κ2) is 6.10. The number of fused-ring (bicyclic) bond motifs is 1. The number of nitrogens with zero attached hydrogens (tertiary/aromatic N) is 3. The Balaban J connectivity index is 1.49. The molecule has 130 valence electrons. The SMILES string of the molecule is CN1CCC[C@]2(CC[C@H]2N2CCc3cc(C(=O)NO)cnc3C2)C1. The highest BCUT2D eigenvalue weighted by atomic mass is 16.5. The Morgan fingerprint density at radius 2 is 2.29 bits per heavy atom. The molecule has 2 fully saturated rings. The number of piperidine rings is 1. The molecule has 3 heterocycles. The molecule has 24 heavy (non-hydrogen) atoms. The molecule has 4 rings (SSSR count). The van der Waals surface area contributed by atoms with E-state index in [4.69, 9.17) is 5.21 Å². The third-order valence-corrected chi connectivity index (χ3v) is 6.31. The van der Waals surface area contributed by atoms with Crippen LogP contribution in [0, 0.1) is 5.41 Å². The summed E-state index contributed by atoms with van der Waals surface area (Å²) in [5.41, 5.74) is 4.82. The van der Waals surface area contributed by atoms with Gasteiger partial charge in [-0.3, -0.25) is 19.9 Å². The molecule has 0 aromatic carbocycles. The molecule has 1 aliphatic carbocycles. The van der Waals surface area contributed by atoms with E-state index in [2.05, 4.69) is 21.8 Å². The lowest BCUT2D eigenvalue weighted by molar-refractivity contribution is -0.0754. The number of pyridine rings is 1. The van der Waals surface area contributed by atoms with E-state index >= 15 is 0 Å². The summed E-state index contributed by atoms with van der Waals surface area (Å²) in [5, 5.41) is 8.77. The molecule has 1 saturated carbocycles. The molecule has 1 saturated heterocycles. The monoisotopic (exact) mass is 330 g/mol. The number of rotatable bonds is 2. The zero-order valence-electron chi connectivity index (χ0n) is 14.3. The Labute approximate surface area is 142 Å². The van der Waals surface area contributed by atoms with Gasteiger partial charge in [-0.1, -0.05) is 0 Å². The van der Waals surface area contributed by atoms with Crippen LogP contribution in [0.15, 0.2) is 12.3 Å². The number of hydrogen-bond donors (Lipinski definition) is 2. The van der Waals surface area contributed by atoms with E-state index < -0.39 is 5.91 Å². The van der Waals surface area contributed by atoms with Gasteiger partial charge in [-0.25, -0.2) is 5.48 Å². The average Bonchev–Trinajstić information content (AvgIpc) is 2.59. The fourth-order valence-corrected chi connectivity index (χ4v) is 5.01. The number of carbonyl (C=O) groups excluding carboxylic acids is 1. The Bertz CT molecular complexity index is 650. The maximum absolute atomic E-state index is 11.5. The second-order valence-electron chi connectivity index (χ2n) is 7.75. The summed E-state index contributed by atoms with van der Waals surface area (Å²) in [6, 6.07) is 2.55. The van der Waals surface area contributed by atoms with Crippen LogP contribution in [-0.4, -0.2) is 58.6 Å². The van der Waals surface area contributed by atoms with Crippen LogP contribution in [0.5, 0.6) is 0 Å². The van der Waals surface area contributed by atoms with Gasteiger partial charge in [0.2, 0.25) is 0 Å². The molecule has 1 amide bonds. The highest BCUT2D eigenvalue weighted by Gasteiger charge is 2.51. The predicted octanol–water partition coefficient (Wildman–Crippen LogP) is 1.43. The van der Waals surface area contributed by atoms with Crippen molar-refractivity contribution in [1.29, 1.82) is 0 Å². The van der Waals surface area contributed by atoms with E-state index in [9.17, 15) is 4.79 Å². The van der Waals surface area contributed by atoms with Crippen LogP contribution < -0.4 is 5.48 Å². The molecule has 2 aliphatic heterocycles. The van der Waals surface area contributed by atoms with Crippen molar-refractivity contribution in [2.75, 3.05) is 26.7 Å². The maximum Gasteiger partial charge on any atom is 0.276 e. The Morgan fingerprint density at radius 1 is 1.42 bits per heavy atom. The van der Waals surface area contributed by atoms with Gasteiger partial charge in [0.1, 0.15) is 0 Å². The first-order chi connectivity index (χ1) is 11.6. The first-order valence-corrected chi connectivity index (χ1v) is 8.96. The third-order valence-electron chi connectivity index (χ3n) is 6.31. The van der Waals surface area contributed by atoms with Gasteiger partial charge < -0.3 is 4.90 Å². The summed E-state index contributed by atoms with van der Waals surface area (Å²) in [6.07, 6.45) is 7.82. The summed E-state index contributed by atoms with van der Waals surface area (Å²) in [5.74, 6) is -0.490. The van der Waals surface area contributed by atoms with Crippen LogP contribution in [-0.2, 0) is 13.0 Å². The first-order valence-electron chi connectivity index (χ1n) is 8.96. The Kier molecular flexibility index (Phi) is 4.06. The fourth-order valence-electron chi connectivity index (χ4n) is 5.01. The molecule has 1 aromatic heterocycles. The van der Waals surface area contributed by atoms with Crippen molar-refractivity contribution in [2.45, 2.75) is 44.7 Å². The van der Waals surface area contributed by atoms with Crippen molar-refractivity contribution < 1.29 is 10.0 Å². The van der Waals surface area contributed by atoms with Crippen LogP contribution in [0.3, 0.4) is 0 Å². The lowest BCUT2D eigenvalue weighted by Gasteiger charge is -2.58. The summed E-state index contributed by atoms with van der Waals surface area (Å²) in [4.78, 5) is 21.2. The van der Waals surface area contributed by atoms with Crippen molar-refractivity contribution in [3.8, 4) is 0 Å². The summed E-state index contributed by atoms with van der Waals surface area (Å²) >= 11 is 0. The average molecular weight is 330 g/mol. The molecule has 0 bridgehead atoms. The molecule has 0 radical (unpaired) electrons. The van der Waals surface area contributed by atoms with Gasteiger partial charge in [0.25, 0.3) is 5.91 Å².